The Morgan fingerprint density at radius 2 is 1.67 bits per heavy atom. The van der Waals surface area contributed by atoms with E-state index in [0.29, 0.717) is 13.0 Å². The number of hydrogen-bond donors (Lipinski definition) is 1. The minimum Gasteiger partial charge on any atom is -0.368 e. The van der Waals surface area contributed by atoms with Gasteiger partial charge >= 0.3 is 0 Å². The molecule has 1 saturated heterocycles. The Kier molecular flexibility index (Phi) is 10.0. The lowest BCUT2D eigenvalue weighted by atomic mass is 9.96. The van der Waals surface area contributed by atoms with Crippen molar-refractivity contribution in [1.82, 2.24) is 4.90 Å². The molecule has 0 aromatic carbocycles. The molecule has 3 heterocycles. The second-order valence-electron chi connectivity index (χ2n) is 7.74. The van der Waals surface area contributed by atoms with E-state index in [9.17, 15) is 5.11 Å². The maximum absolute atomic E-state index is 9.92. The van der Waals surface area contributed by atoms with E-state index in [1.54, 1.807) is 5.57 Å². The van der Waals surface area contributed by atoms with Crippen molar-refractivity contribution in [1.29, 1.82) is 0 Å². The van der Waals surface area contributed by atoms with Crippen molar-refractivity contribution in [3.05, 3.63) is 50.4 Å². The van der Waals surface area contributed by atoms with E-state index in [1.165, 1.54) is 15.3 Å². The van der Waals surface area contributed by atoms with Crippen molar-refractivity contribution in [3.8, 4) is 0 Å². The van der Waals surface area contributed by atoms with Gasteiger partial charge in [-0.3, -0.25) is 0 Å². The van der Waals surface area contributed by atoms with E-state index in [0.717, 1.165) is 51.7 Å². The van der Waals surface area contributed by atoms with Crippen molar-refractivity contribution in [2.24, 2.45) is 0 Å². The van der Waals surface area contributed by atoms with Gasteiger partial charge in [0.25, 0.3) is 0 Å². The highest BCUT2D eigenvalue weighted by atomic mass is 32.1. The molecule has 0 amide bonds. The molecule has 1 aliphatic heterocycles. The molecule has 2 atom stereocenters. The molecule has 30 heavy (non-hydrogen) atoms. The van der Waals surface area contributed by atoms with Gasteiger partial charge in [-0.25, -0.2) is 0 Å². The molecule has 1 fully saturated rings. The first-order valence-electron chi connectivity index (χ1n) is 11.2. The third-order valence-corrected chi connectivity index (χ3v) is 7.20. The first-order chi connectivity index (χ1) is 14.7. The third-order valence-electron chi connectivity index (χ3n) is 5.43. The first-order valence-corrected chi connectivity index (χ1v) is 12.9. The summed E-state index contributed by atoms with van der Waals surface area (Å²) in [6.07, 6.45) is 4.55. The summed E-state index contributed by atoms with van der Waals surface area (Å²) in [6, 6.07) is 8.78. The number of rotatable bonds is 12. The Balaban J connectivity index is 1.50. The van der Waals surface area contributed by atoms with E-state index < -0.39 is 6.29 Å². The lowest BCUT2D eigenvalue weighted by Crippen LogP contribution is -2.35. The van der Waals surface area contributed by atoms with Gasteiger partial charge in [0.15, 0.2) is 12.6 Å². The monoisotopic (exact) mass is 449 g/mol. The number of hydrogen-bond acceptors (Lipinski definition) is 6. The Morgan fingerprint density at radius 1 is 1.03 bits per heavy atom. The quantitative estimate of drug-likeness (QED) is 0.404. The van der Waals surface area contributed by atoms with Gasteiger partial charge in [0, 0.05) is 35.0 Å². The molecule has 0 bridgehead atoms. The number of piperidine rings is 1. The molecule has 6 heteroatoms. The largest absolute Gasteiger partial charge is 0.368 e. The molecule has 166 valence electrons. The number of aliphatic hydroxyl groups excluding tert-OH is 1. The van der Waals surface area contributed by atoms with Crippen LogP contribution < -0.4 is 0 Å². The Morgan fingerprint density at radius 3 is 2.20 bits per heavy atom. The van der Waals surface area contributed by atoms with Gasteiger partial charge in [-0.1, -0.05) is 44.4 Å². The summed E-state index contributed by atoms with van der Waals surface area (Å²) < 4.78 is 11.6. The van der Waals surface area contributed by atoms with E-state index in [1.807, 2.05) is 29.6 Å². The number of likely N-dealkylation sites (tertiary alicyclic amines) is 1. The molecule has 1 N–H and O–H groups in total. The molecule has 0 radical (unpaired) electrons. The minimum atomic E-state index is -0.720. The second kappa shape index (κ2) is 12.7. The van der Waals surface area contributed by atoms with Crippen LogP contribution in [0.2, 0.25) is 0 Å². The first kappa shape index (κ1) is 23.6. The van der Waals surface area contributed by atoms with Crippen LogP contribution in [0.1, 0.15) is 62.1 Å². The van der Waals surface area contributed by atoms with Gasteiger partial charge < -0.3 is 19.5 Å². The smallest absolute Gasteiger partial charge is 0.160 e. The molecule has 0 aliphatic carbocycles. The summed E-state index contributed by atoms with van der Waals surface area (Å²) in [7, 11) is 0. The fourth-order valence-corrected chi connectivity index (χ4v) is 5.57. The highest BCUT2D eigenvalue weighted by Gasteiger charge is 2.21. The van der Waals surface area contributed by atoms with Gasteiger partial charge in [-0.05, 0) is 48.6 Å². The summed E-state index contributed by atoms with van der Waals surface area (Å²) in [5.74, 6) is 0. The van der Waals surface area contributed by atoms with Gasteiger partial charge in [0.1, 0.15) is 0 Å². The van der Waals surface area contributed by atoms with E-state index in [2.05, 4.69) is 46.8 Å². The minimum absolute atomic E-state index is 0.305. The van der Waals surface area contributed by atoms with E-state index in [4.69, 9.17) is 9.47 Å². The predicted octanol–water partition coefficient (Wildman–Crippen LogP) is 5.99. The zero-order chi connectivity index (χ0) is 21.2. The Labute approximate surface area is 189 Å². The van der Waals surface area contributed by atoms with Crippen LogP contribution in [0.15, 0.2) is 40.6 Å². The molecular weight excluding hydrogens is 414 g/mol. The van der Waals surface area contributed by atoms with Gasteiger partial charge in [-0.2, -0.15) is 0 Å². The normalized spacial score (nSPS) is 17.2. The van der Waals surface area contributed by atoms with Gasteiger partial charge in [0.05, 0.1) is 6.61 Å². The molecule has 2 aromatic heterocycles. The number of nitrogens with zero attached hydrogens (tertiary/aromatic N) is 1. The molecule has 3 rings (SSSR count). The maximum atomic E-state index is 9.92. The van der Waals surface area contributed by atoms with Crippen LogP contribution in [0.25, 0.3) is 5.57 Å². The van der Waals surface area contributed by atoms with Gasteiger partial charge in [-0.15, -0.1) is 22.7 Å². The summed E-state index contributed by atoms with van der Waals surface area (Å²) in [4.78, 5) is 5.25. The summed E-state index contributed by atoms with van der Waals surface area (Å²) in [5.41, 5.74) is 3.03. The zero-order valence-electron chi connectivity index (χ0n) is 18.2. The van der Waals surface area contributed by atoms with Crippen molar-refractivity contribution in [2.45, 2.75) is 65.0 Å². The van der Waals surface area contributed by atoms with Crippen molar-refractivity contribution < 1.29 is 14.6 Å². The molecule has 0 saturated carbocycles. The van der Waals surface area contributed by atoms with Gasteiger partial charge in [0.2, 0.25) is 0 Å². The van der Waals surface area contributed by atoms with Crippen LogP contribution in [0.4, 0.5) is 0 Å². The highest BCUT2D eigenvalue weighted by molar-refractivity contribution is 7.13. The number of aliphatic hydroxyl groups is 1. The SMILES string of the molecule is CCCC(O)OC(CCC)OCCN1CCC(=C(c2cccs2)c2cccs2)CC1. The van der Waals surface area contributed by atoms with E-state index >= 15 is 0 Å². The lowest BCUT2D eigenvalue weighted by molar-refractivity contribution is -0.233. The Bertz CT molecular complexity index is 696. The summed E-state index contributed by atoms with van der Waals surface area (Å²) in [6.45, 7) is 7.85. The molecule has 0 spiro atoms. The zero-order valence-corrected chi connectivity index (χ0v) is 19.9. The molecule has 2 aromatic rings. The van der Waals surface area contributed by atoms with Crippen LogP contribution in [0.5, 0.6) is 0 Å². The molecular formula is C24H35NO3S2. The average Bonchev–Trinajstić information content (AvgIpc) is 3.45. The highest BCUT2D eigenvalue weighted by Crippen LogP contribution is 2.36. The topological polar surface area (TPSA) is 41.9 Å². The molecule has 4 nitrogen and oxygen atoms in total. The number of ether oxygens (including phenoxy) is 2. The summed E-state index contributed by atoms with van der Waals surface area (Å²) in [5, 5.41) is 14.3. The van der Waals surface area contributed by atoms with Crippen LogP contribution in [0.3, 0.4) is 0 Å². The molecule has 1 aliphatic rings. The maximum Gasteiger partial charge on any atom is 0.160 e. The second-order valence-corrected chi connectivity index (χ2v) is 9.64. The Hall–Kier alpha value is -1.02. The van der Waals surface area contributed by atoms with Crippen molar-refractivity contribution >= 4 is 28.2 Å². The average molecular weight is 450 g/mol. The van der Waals surface area contributed by atoms with Crippen molar-refractivity contribution in [3.63, 3.8) is 0 Å². The third kappa shape index (κ3) is 7.01. The summed E-state index contributed by atoms with van der Waals surface area (Å²) >= 11 is 3.67. The standard InChI is InChI=1S/C24H35NO3S2/c1-3-7-22(26)28-23(8-4-2)27-16-15-25-13-11-19(12-14-25)24(20-9-5-17-29-20)21-10-6-18-30-21/h5-6,9-10,17-18,22-23,26H,3-4,7-8,11-16H2,1-2H3. The van der Waals surface area contributed by atoms with Crippen LogP contribution in [0, 0.1) is 0 Å². The predicted molar refractivity (Wildman–Crippen MR) is 127 cm³/mol. The van der Waals surface area contributed by atoms with Crippen LogP contribution >= 0.6 is 22.7 Å². The molecule has 2 unspecified atom stereocenters. The van der Waals surface area contributed by atoms with Crippen LogP contribution in [-0.2, 0) is 9.47 Å². The lowest BCUT2D eigenvalue weighted by Gasteiger charge is -2.30. The van der Waals surface area contributed by atoms with Crippen molar-refractivity contribution in [2.75, 3.05) is 26.2 Å². The van der Waals surface area contributed by atoms with Crippen LogP contribution in [-0.4, -0.2) is 48.8 Å². The van der Waals surface area contributed by atoms with E-state index in [-0.39, 0.29) is 6.29 Å². The fraction of sp³-hybridized carbons (Fsp3) is 0.583. The fourth-order valence-electron chi connectivity index (χ4n) is 3.84. The number of thiophene rings is 2.